The second-order valence-corrected chi connectivity index (χ2v) is 6.66. The maximum absolute atomic E-state index is 13.0. The summed E-state index contributed by atoms with van der Waals surface area (Å²) >= 11 is 0. The van der Waals surface area contributed by atoms with Crippen LogP contribution < -0.4 is 5.73 Å². The first kappa shape index (κ1) is 18.8. The summed E-state index contributed by atoms with van der Waals surface area (Å²) in [6.07, 6.45) is 5.06. The molecular formula is C17H26ClN3O3. The third-order valence-corrected chi connectivity index (χ3v) is 5.06. The number of hydrogen-bond donors (Lipinski definition) is 1. The van der Waals surface area contributed by atoms with E-state index in [-0.39, 0.29) is 36.3 Å². The Labute approximate surface area is 148 Å². The van der Waals surface area contributed by atoms with Gasteiger partial charge in [0, 0.05) is 19.1 Å². The van der Waals surface area contributed by atoms with E-state index in [0.29, 0.717) is 31.3 Å². The number of nitrogens with zero attached hydrogens (tertiary/aromatic N) is 2. The van der Waals surface area contributed by atoms with Crippen LogP contribution in [0.15, 0.2) is 22.8 Å². The van der Waals surface area contributed by atoms with E-state index in [2.05, 4.69) is 6.92 Å². The fraction of sp³-hybridized carbons (Fsp3) is 0.647. The maximum atomic E-state index is 13.0. The number of likely N-dealkylation sites (tertiary alicyclic amines) is 2. The zero-order valence-corrected chi connectivity index (χ0v) is 14.8. The molecule has 1 aromatic rings. The molecule has 2 saturated heterocycles. The first-order valence-electron chi connectivity index (χ1n) is 8.46. The Bertz CT molecular complexity index is 563. The third kappa shape index (κ3) is 3.59. The summed E-state index contributed by atoms with van der Waals surface area (Å²) in [5, 5.41) is 0. The highest BCUT2D eigenvalue weighted by molar-refractivity contribution is 5.95. The predicted octanol–water partition coefficient (Wildman–Crippen LogP) is 1.89. The van der Waals surface area contributed by atoms with Gasteiger partial charge in [-0.1, -0.05) is 0 Å². The number of nitrogens with two attached hydrogens (primary N) is 1. The van der Waals surface area contributed by atoms with Crippen LogP contribution in [0.1, 0.15) is 43.2 Å². The van der Waals surface area contributed by atoms with Crippen molar-refractivity contribution >= 4 is 24.2 Å². The molecule has 2 aliphatic rings. The number of halogens is 1. The molecule has 2 fully saturated rings. The minimum absolute atomic E-state index is 0. The third-order valence-electron chi connectivity index (χ3n) is 5.06. The molecule has 3 heterocycles. The van der Waals surface area contributed by atoms with Gasteiger partial charge in [-0.25, -0.2) is 0 Å². The van der Waals surface area contributed by atoms with E-state index in [0.717, 1.165) is 25.7 Å². The van der Waals surface area contributed by atoms with Crippen molar-refractivity contribution < 1.29 is 14.0 Å². The molecular weight excluding hydrogens is 330 g/mol. The number of carbonyl (C=O) groups is 2. The van der Waals surface area contributed by atoms with Crippen molar-refractivity contribution in [1.29, 1.82) is 0 Å². The minimum Gasteiger partial charge on any atom is -0.459 e. The van der Waals surface area contributed by atoms with Gasteiger partial charge >= 0.3 is 0 Å². The molecule has 1 aromatic heterocycles. The lowest BCUT2D eigenvalue weighted by molar-refractivity contribution is -0.137. The van der Waals surface area contributed by atoms with E-state index >= 15 is 0 Å². The van der Waals surface area contributed by atoms with Crippen LogP contribution in [-0.4, -0.2) is 53.3 Å². The summed E-state index contributed by atoms with van der Waals surface area (Å²) < 4.78 is 5.23. The number of hydrogen-bond acceptors (Lipinski definition) is 4. The SMILES string of the molecule is CC1CC(CN)CN1C(=O)C1CCCCN1C(=O)c1ccco1.Cl. The molecule has 7 heteroatoms. The first-order chi connectivity index (χ1) is 11.1. The van der Waals surface area contributed by atoms with Crippen LogP contribution in [0.25, 0.3) is 0 Å². The summed E-state index contributed by atoms with van der Waals surface area (Å²) in [5.74, 6) is 0.550. The average Bonchev–Trinajstić information content (AvgIpc) is 3.23. The molecule has 2 amide bonds. The number of amides is 2. The quantitative estimate of drug-likeness (QED) is 0.897. The second kappa shape index (κ2) is 8.03. The highest BCUT2D eigenvalue weighted by atomic mass is 35.5. The Balaban J connectivity index is 0.00000208. The van der Waals surface area contributed by atoms with Crippen LogP contribution in [0.2, 0.25) is 0 Å². The van der Waals surface area contributed by atoms with Crippen LogP contribution in [0.3, 0.4) is 0 Å². The number of rotatable bonds is 3. The molecule has 3 atom stereocenters. The van der Waals surface area contributed by atoms with Gasteiger partial charge in [0.25, 0.3) is 5.91 Å². The lowest BCUT2D eigenvalue weighted by atomic mass is 10.00. The van der Waals surface area contributed by atoms with Crippen molar-refractivity contribution in [3.8, 4) is 0 Å². The van der Waals surface area contributed by atoms with E-state index in [9.17, 15) is 9.59 Å². The van der Waals surface area contributed by atoms with Gasteiger partial charge in [0.05, 0.1) is 6.26 Å². The van der Waals surface area contributed by atoms with Gasteiger partial charge in [-0.05, 0) is 57.2 Å². The maximum Gasteiger partial charge on any atom is 0.290 e. The Morgan fingerprint density at radius 2 is 2.12 bits per heavy atom. The Kier molecular flexibility index (Phi) is 6.29. The van der Waals surface area contributed by atoms with Crippen molar-refractivity contribution in [1.82, 2.24) is 9.80 Å². The van der Waals surface area contributed by atoms with Crippen LogP contribution in [0.5, 0.6) is 0 Å². The number of carbonyl (C=O) groups excluding carboxylic acids is 2. The molecule has 3 unspecified atom stereocenters. The molecule has 6 nitrogen and oxygen atoms in total. The van der Waals surface area contributed by atoms with Gasteiger partial charge in [-0.15, -0.1) is 12.4 Å². The number of piperidine rings is 1. The molecule has 0 bridgehead atoms. The van der Waals surface area contributed by atoms with Gasteiger partial charge in [0.1, 0.15) is 6.04 Å². The number of furan rings is 1. The fourth-order valence-electron chi connectivity index (χ4n) is 3.78. The topological polar surface area (TPSA) is 79.8 Å². The highest BCUT2D eigenvalue weighted by Gasteiger charge is 2.40. The largest absolute Gasteiger partial charge is 0.459 e. The van der Waals surface area contributed by atoms with E-state index in [1.54, 1.807) is 17.0 Å². The van der Waals surface area contributed by atoms with Crippen molar-refractivity contribution in [3.05, 3.63) is 24.2 Å². The fourth-order valence-corrected chi connectivity index (χ4v) is 3.78. The molecule has 0 radical (unpaired) electrons. The zero-order chi connectivity index (χ0) is 16.4. The van der Waals surface area contributed by atoms with Crippen molar-refractivity contribution in [2.45, 2.75) is 44.7 Å². The molecule has 2 aliphatic heterocycles. The molecule has 0 aliphatic carbocycles. The van der Waals surface area contributed by atoms with Gasteiger partial charge < -0.3 is 20.0 Å². The van der Waals surface area contributed by atoms with Crippen LogP contribution in [0.4, 0.5) is 0 Å². The van der Waals surface area contributed by atoms with E-state index < -0.39 is 0 Å². The van der Waals surface area contributed by atoms with E-state index in [1.807, 2.05) is 4.90 Å². The molecule has 134 valence electrons. The van der Waals surface area contributed by atoms with E-state index in [4.69, 9.17) is 10.2 Å². The molecule has 2 N–H and O–H groups in total. The van der Waals surface area contributed by atoms with Crippen molar-refractivity contribution in [2.24, 2.45) is 11.7 Å². The molecule has 0 aromatic carbocycles. The second-order valence-electron chi connectivity index (χ2n) is 6.66. The Hall–Kier alpha value is -1.53. The van der Waals surface area contributed by atoms with Gasteiger partial charge in [-0.3, -0.25) is 9.59 Å². The first-order valence-corrected chi connectivity index (χ1v) is 8.46. The summed E-state index contributed by atoms with van der Waals surface area (Å²) in [6, 6.07) is 3.17. The summed E-state index contributed by atoms with van der Waals surface area (Å²) in [6.45, 7) is 3.98. The molecule has 0 spiro atoms. The smallest absolute Gasteiger partial charge is 0.290 e. The van der Waals surface area contributed by atoms with Gasteiger partial charge in [0.15, 0.2) is 5.76 Å². The molecule has 24 heavy (non-hydrogen) atoms. The van der Waals surface area contributed by atoms with Crippen LogP contribution >= 0.6 is 12.4 Å². The summed E-state index contributed by atoms with van der Waals surface area (Å²) in [5.41, 5.74) is 5.76. The lowest BCUT2D eigenvalue weighted by Gasteiger charge is -2.37. The summed E-state index contributed by atoms with van der Waals surface area (Å²) in [4.78, 5) is 29.3. The van der Waals surface area contributed by atoms with Crippen molar-refractivity contribution in [3.63, 3.8) is 0 Å². The predicted molar refractivity (Wildman–Crippen MR) is 93.0 cm³/mol. The Morgan fingerprint density at radius 1 is 1.33 bits per heavy atom. The van der Waals surface area contributed by atoms with Crippen molar-refractivity contribution in [2.75, 3.05) is 19.6 Å². The average molecular weight is 356 g/mol. The van der Waals surface area contributed by atoms with Gasteiger partial charge in [-0.2, -0.15) is 0 Å². The highest BCUT2D eigenvalue weighted by Crippen LogP contribution is 2.27. The molecule has 3 rings (SSSR count). The zero-order valence-electron chi connectivity index (χ0n) is 14.0. The van der Waals surface area contributed by atoms with Crippen LogP contribution in [-0.2, 0) is 4.79 Å². The molecule has 0 saturated carbocycles. The van der Waals surface area contributed by atoms with Crippen LogP contribution in [0, 0.1) is 5.92 Å². The lowest BCUT2D eigenvalue weighted by Crippen LogP contribution is -2.53. The van der Waals surface area contributed by atoms with Gasteiger partial charge in [0.2, 0.25) is 5.91 Å². The minimum atomic E-state index is -0.375. The normalized spacial score (nSPS) is 27.0. The Morgan fingerprint density at radius 3 is 2.75 bits per heavy atom. The monoisotopic (exact) mass is 355 g/mol. The van der Waals surface area contributed by atoms with E-state index in [1.165, 1.54) is 6.26 Å². The standard InChI is InChI=1S/C17H25N3O3.ClH/c1-12-9-13(10-18)11-20(12)16(21)14-5-2-3-7-19(14)17(22)15-6-4-8-23-15;/h4,6,8,12-14H,2-3,5,7,9-11,18H2,1H3;1H. The summed E-state index contributed by atoms with van der Waals surface area (Å²) in [7, 11) is 0.